The van der Waals surface area contributed by atoms with Gasteiger partial charge in [0.25, 0.3) is 5.56 Å². The molecule has 3 aromatic heterocycles. The number of carbonyl (C=O) groups is 1. The summed E-state index contributed by atoms with van der Waals surface area (Å²) in [5.74, 6) is -0.270. The van der Waals surface area contributed by atoms with Crippen LogP contribution in [0.5, 0.6) is 0 Å². The van der Waals surface area contributed by atoms with E-state index < -0.39 is 6.04 Å². The summed E-state index contributed by atoms with van der Waals surface area (Å²) in [4.78, 5) is 36.2. The lowest BCUT2D eigenvalue weighted by molar-refractivity contribution is -0.118. The summed E-state index contributed by atoms with van der Waals surface area (Å²) in [6, 6.07) is 8.88. The molecule has 1 atom stereocenters. The number of benzene rings is 1. The summed E-state index contributed by atoms with van der Waals surface area (Å²) in [5, 5.41) is 3.73. The highest BCUT2D eigenvalue weighted by Crippen LogP contribution is 2.34. The molecule has 164 valence electrons. The first kappa shape index (κ1) is 20.8. The molecule has 5 rings (SSSR count). The molecular formula is C24H24N4O3S. The van der Waals surface area contributed by atoms with Crippen molar-refractivity contribution in [1.82, 2.24) is 14.5 Å². The number of carbonyl (C=O) groups excluding carboxylic acids is 1. The number of amides is 1. The number of hydrogen-bond acceptors (Lipinski definition) is 6. The largest absolute Gasteiger partial charge is 0.370 e. The zero-order chi connectivity index (χ0) is 22.6. The van der Waals surface area contributed by atoms with E-state index in [2.05, 4.69) is 24.1 Å². The highest BCUT2D eigenvalue weighted by atomic mass is 32.1. The second kappa shape index (κ2) is 7.50. The average molecular weight is 449 g/mol. The van der Waals surface area contributed by atoms with Gasteiger partial charge in [-0.2, -0.15) is 0 Å². The molecule has 0 unspecified atom stereocenters. The van der Waals surface area contributed by atoms with E-state index in [9.17, 15) is 9.59 Å². The van der Waals surface area contributed by atoms with Gasteiger partial charge in [-0.3, -0.25) is 14.2 Å². The lowest BCUT2D eigenvalue weighted by atomic mass is 9.95. The molecule has 0 bridgehead atoms. The Labute approximate surface area is 189 Å². The van der Waals surface area contributed by atoms with Gasteiger partial charge in [-0.05, 0) is 51.5 Å². The van der Waals surface area contributed by atoms with Crippen LogP contribution < -0.4 is 10.9 Å². The van der Waals surface area contributed by atoms with Crippen LogP contribution in [0, 0.1) is 6.92 Å². The summed E-state index contributed by atoms with van der Waals surface area (Å²) in [7, 11) is 0. The summed E-state index contributed by atoms with van der Waals surface area (Å²) < 4.78 is 7.81. The second-order valence-corrected chi connectivity index (χ2v) is 9.94. The molecule has 1 aliphatic heterocycles. The number of aryl methyl sites for hydroxylation is 1. The molecule has 0 fully saturated rings. The number of pyridine rings is 1. The Balaban J connectivity index is 1.52. The van der Waals surface area contributed by atoms with Crippen LogP contribution in [0.4, 0.5) is 5.69 Å². The van der Waals surface area contributed by atoms with E-state index in [1.165, 1.54) is 22.2 Å². The first-order valence-electron chi connectivity index (χ1n) is 10.6. The molecule has 0 saturated heterocycles. The third-order valence-corrected chi connectivity index (χ3v) is 6.94. The summed E-state index contributed by atoms with van der Waals surface area (Å²) in [5.41, 5.74) is 3.92. The molecule has 8 heteroatoms. The molecule has 1 aliphatic rings. The Morgan fingerprint density at radius 3 is 2.91 bits per heavy atom. The zero-order valence-corrected chi connectivity index (χ0v) is 19.2. The maximum atomic E-state index is 13.3. The summed E-state index contributed by atoms with van der Waals surface area (Å²) in [6.45, 7) is 8.26. The lowest BCUT2D eigenvalue weighted by Gasteiger charge is -2.30. The normalized spacial score (nSPS) is 16.1. The molecule has 4 heterocycles. The van der Waals surface area contributed by atoms with E-state index in [1.54, 1.807) is 6.92 Å². The number of ether oxygens (including phenoxy) is 1. The maximum Gasteiger partial charge on any atom is 0.272 e. The fourth-order valence-electron chi connectivity index (χ4n) is 4.03. The molecule has 1 aromatic carbocycles. The van der Waals surface area contributed by atoms with Crippen molar-refractivity contribution in [2.45, 2.75) is 52.4 Å². The number of fused-ring (bicyclic) bond motifs is 4. The molecule has 0 aliphatic carbocycles. The summed E-state index contributed by atoms with van der Waals surface area (Å²) in [6.07, 6.45) is 2.18. The van der Waals surface area contributed by atoms with Gasteiger partial charge in [0.2, 0.25) is 5.91 Å². The highest BCUT2D eigenvalue weighted by molar-refractivity contribution is 7.25. The molecule has 0 radical (unpaired) electrons. The molecule has 4 aromatic rings. The minimum absolute atomic E-state index is 0.237. The monoisotopic (exact) mass is 448 g/mol. The van der Waals surface area contributed by atoms with Crippen LogP contribution in [0.3, 0.4) is 0 Å². The molecule has 0 spiro atoms. The van der Waals surface area contributed by atoms with Crippen LogP contribution in [0.2, 0.25) is 0 Å². The molecular weight excluding hydrogens is 424 g/mol. The van der Waals surface area contributed by atoms with Crippen LogP contribution in [0.15, 0.2) is 41.5 Å². The zero-order valence-electron chi connectivity index (χ0n) is 18.4. The van der Waals surface area contributed by atoms with Gasteiger partial charge in [-0.1, -0.05) is 12.1 Å². The first-order valence-corrected chi connectivity index (χ1v) is 11.4. The number of hydrogen-bond donors (Lipinski definition) is 1. The lowest BCUT2D eigenvalue weighted by Crippen LogP contribution is -2.32. The third kappa shape index (κ3) is 3.59. The van der Waals surface area contributed by atoms with Crippen LogP contribution in [0.25, 0.3) is 20.4 Å². The van der Waals surface area contributed by atoms with Crippen molar-refractivity contribution in [3.8, 4) is 0 Å². The quantitative estimate of drug-likeness (QED) is 0.503. The van der Waals surface area contributed by atoms with Crippen molar-refractivity contribution in [2.75, 3.05) is 5.32 Å². The molecule has 0 saturated carbocycles. The van der Waals surface area contributed by atoms with Crippen molar-refractivity contribution >= 4 is 43.4 Å². The van der Waals surface area contributed by atoms with Gasteiger partial charge in [0.1, 0.15) is 15.6 Å². The predicted octanol–water partition coefficient (Wildman–Crippen LogP) is 4.37. The number of anilines is 1. The topological polar surface area (TPSA) is 86.1 Å². The predicted molar refractivity (Wildman–Crippen MR) is 126 cm³/mol. The van der Waals surface area contributed by atoms with Gasteiger partial charge >= 0.3 is 0 Å². The first-order chi connectivity index (χ1) is 15.2. The van der Waals surface area contributed by atoms with Crippen molar-refractivity contribution in [2.24, 2.45) is 0 Å². The van der Waals surface area contributed by atoms with Gasteiger partial charge in [-0.25, -0.2) is 9.97 Å². The standard InChI is InChI=1S/C24H24N4O3S/c1-13-6-5-7-16(8-13)26-21(29)14(2)28-12-25-19-17-9-15-11-31-24(3,4)10-18(15)27-22(17)32-20(19)23(28)30/h5-9,12,14H,10-11H2,1-4H3,(H,26,29)/t14-/m0/s1. The third-order valence-electron chi connectivity index (χ3n) is 5.86. The van der Waals surface area contributed by atoms with Gasteiger partial charge in [-0.15, -0.1) is 11.3 Å². The molecule has 7 nitrogen and oxygen atoms in total. The number of nitrogens with one attached hydrogen (secondary N) is 1. The number of aromatic nitrogens is 3. The highest BCUT2D eigenvalue weighted by Gasteiger charge is 2.28. The Morgan fingerprint density at radius 2 is 2.12 bits per heavy atom. The Morgan fingerprint density at radius 1 is 1.31 bits per heavy atom. The minimum atomic E-state index is -0.708. The van der Waals surface area contributed by atoms with Crippen molar-refractivity contribution < 1.29 is 9.53 Å². The molecule has 32 heavy (non-hydrogen) atoms. The Hall–Kier alpha value is -3.10. The van der Waals surface area contributed by atoms with E-state index in [0.717, 1.165) is 33.5 Å². The summed E-state index contributed by atoms with van der Waals surface area (Å²) >= 11 is 1.33. The van der Waals surface area contributed by atoms with E-state index >= 15 is 0 Å². The van der Waals surface area contributed by atoms with Crippen LogP contribution in [0.1, 0.15) is 43.6 Å². The minimum Gasteiger partial charge on any atom is -0.370 e. The van der Waals surface area contributed by atoms with Gasteiger partial charge < -0.3 is 10.1 Å². The van der Waals surface area contributed by atoms with E-state index in [4.69, 9.17) is 9.72 Å². The van der Waals surface area contributed by atoms with Crippen molar-refractivity contribution in [3.05, 3.63) is 63.8 Å². The van der Waals surface area contributed by atoms with Crippen LogP contribution >= 0.6 is 11.3 Å². The number of nitrogens with zero attached hydrogens (tertiary/aromatic N) is 3. The number of rotatable bonds is 3. The van der Waals surface area contributed by atoms with Crippen LogP contribution in [-0.4, -0.2) is 26.0 Å². The molecule has 1 N–H and O–H groups in total. The van der Waals surface area contributed by atoms with Crippen LogP contribution in [-0.2, 0) is 22.6 Å². The van der Waals surface area contributed by atoms with E-state index in [1.807, 2.05) is 37.3 Å². The Kier molecular flexibility index (Phi) is 4.87. The van der Waals surface area contributed by atoms with Crippen molar-refractivity contribution in [1.29, 1.82) is 0 Å². The van der Waals surface area contributed by atoms with Gasteiger partial charge in [0, 0.05) is 23.1 Å². The van der Waals surface area contributed by atoms with Gasteiger partial charge in [0.05, 0.1) is 29.7 Å². The van der Waals surface area contributed by atoms with E-state index in [0.29, 0.717) is 22.5 Å². The second-order valence-electron chi connectivity index (χ2n) is 8.94. The Bertz CT molecular complexity index is 1440. The fraction of sp³-hybridized carbons (Fsp3) is 0.333. The van der Waals surface area contributed by atoms with Crippen molar-refractivity contribution in [3.63, 3.8) is 0 Å². The van der Waals surface area contributed by atoms with Gasteiger partial charge in [0.15, 0.2) is 0 Å². The fourth-order valence-corrected chi connectivity index (χ4v) is 5.10. The SMILES string of the molecule is Cc1cccc(NC(=O)[C@H](C)n2cnc3c(sc4nc5c(cc43)COC(C)(C)C5)c2=O)c1. The van der Waals surface area contributed by atoms with E-state index in [-0.39, 0.29) is 17.1 Å². The average Bonchev–Trinajstić information content (AvgIpc) is 3.09. The number of thiophene rings is 1. The molecule has 1 amide bonds. The smallest absolute Gasteiger partial charge is 0.272 e. The maximum absolute atomic E-state index is 13.3.